The van der Waals surface area contributed by atoms with Crippen molar-refractivity contribution in [3.8, 4) is 0 Å². The molecule has 0 spiro atoms. The summed E-state index contributed by atoms with van der Waals surface area (Å²) in [7, 11) is 0. The van der Waals surface area contributed by atoms with Crippen molar-refractivity contribution in [3.05, 3.63) is 109 Å². The largest absolute Gasteiger partial charge is 0.462 e. The molecule has 1 unspecified atom stereocenters. The van der Waals surface area contributed by atoms with Crippen LogP contribution in [0.1, 0.15) is 284 Å². The van der Waals surface area contributed by atoms with Crippen LogP contribution >= 0.6 is 0 Å². The number of ether oxygens (including phenoxy) is 3. The van der Waals surface area contributed by atoms with Crippen LogP contribution in [0, 0.1) is 0 Å². The molecular weight excluding hydrogens is 913 g/mol. The van der Waals surface area contributed by atoms with Crippen molar-refractivity contribution in [2.24, 2.45) is 0 Å². The third-order valence-corrected chi connectivity index (χ3v) is 13.0. The molecule has 0 fully saturated rings. The van der Waals surface area contributed by atoms with Gasteiger partial charge in [0, 0.05) is 19.3 Å². The Labute approximate surface area is 457 Å². The van der Waals surface area contributed by atoms with Crippen molar-refractivity contribution in [1.82, 2.24) is 0 Å². The quantitative estimate of drug-likeness (QED) is 0.0261. The number of allylic oxidation sites excluding steroid dienone is 18. The van der Waals surface area contributed by atoms with Crippen molar-refractivity contribution >= 4 is 17.9 Å². The minimum absolute atomic E-state index is 0.0883. The SMILES string of the molecule is CC/C=C\C/C=C\C/C=C\C/C=C\C/C=C\C/C=C\CCCCCCCCCCCCC(=O)OCC(COC(=O)CCCCCCC/C=C\C/C=C\CCC)OC(=O)CCCCCCC/C=C\CCCCCCC. The van der Waals surface area contributed by atoms with Gasteiger partial charge in [-0.2, -0.15) is 0 Å². The third-order valence-electron chi connectivity index (χ3n) is 13.0. The summed E-state index contributed by atoms with van der Waals surface area (Å²) in [5, 5.41) is 0. The van der Waals surface area contributed by atoms with Crippen LogP contribution in [-0.4, -0.2) is 37.2 Å². The summed E-state index contributed by atoms with van der Waals surface area (Å²) in [5.74, 6) is -0.912. The van der Waals surface area contributed by atoms with Crippen LogP contribution < -0.4 is 0 Å². The van der Waals surface area contributed by atoms with E-state index in [1.165, 1.54) is 103 Å². The van der Waals surface area contributed by atoms with Gasteiger partial charge in [0.15, 0.2) is 6.10 Å². The molecule has 0 aliphatic carbocycles. The van der Waals surface area contributed by atoms with Crippen LogP contribution in [0.25, 0.3) is 0 Å². The van der Waals surface area contributed by atoms with Crippen LogP contribution in [-0.2, 0) is 28.6 Å². The highest BCUT2D eigenvalue weighted by Crippen LogP contribution is 2.15. The second-order valence-corrected chi connectivity index (χ2v) is 20.2. The minimum atomic E-state index is -0.791. The molecule has 0 saturated carbocycles. The van der Waals surface area contributed by atoms with Gasteiger partial charge in [-0.05, 0) is 122 Å². The second-order valence-electron chi connectivity index (χ2n) is 20.2. The zero-order valence-electron chi connectivity index (χ0n) is 48.3. The second kappa shape index (κ2) is 61.6. The zero-order valence-corrected chi connectivity index (χ0v) is 48.3. The third kappa shape index (κ3) is 59.0. The summed E-state index contributed by atoms with van der Waals surface area (Å²) in [6.07, 6.45) is 83.8. The molecule has 6 heteroatoms. The molecule has 0 aliphatic heterocycles. The number of unbranched alkanes of at least 4 members (excludes halogenated alkanes) is 26. The minimum Gasteiger partial charge on any atom is -0.462 e. The van der Waals surface area contributed by atoms with Crippen LogP contribution in [0.3, 0.4) is 0 Å². The van der Waals surface area contributed by atoms with E-state index in [-0.39, 0.29) is 31.1 Å². The summed E-state index contributed by atoms with van der Waals surface area (Å²) >= 11 is 0. The van der Waals surface area contributed by atoms with Crippen molar-refractivity contribution in [2.75, 3.05) is 13.2 Å². The van der Waals surface area contributed by atoms with E-state index < -0.39 is 6.10 Å². The Kier molecular flexibility index (Phi) is 58.3. The Morgan fingerprint density at radius 1 is 0.284 bits per heavy atom. The normalized spacial score (nSPS) is 12.9. The first-order valence-electron chi connectivity index (χ1n) is 30.9. The Balaban J connectivity index is 4.28. The maximum absolute atomic E-state index is 12.9. The van der Waals surface area contributed by atoms with Gasteiger partial charge in [0.05, 0.1) is 0 Å². The molecule has 0 heterocycles. The lowest BCUT2D eigenvalue weighted by atomic mass is 10.1. The Morgan fingerprint density at radius 2 is 0.554 bits per heavy atom. The fourth-order valence-electron chi connectivity index (χ4n) is 8.36. The van der Waals surface area contributed by atoms with Gasteiger partial charge in [0.25, 0.3) is 0 Å². The highest BCUT2D eigenvalue weighted by Gasteiger charge is 2.19. The molecule has 0 amide bonds. The van der Waals surface area contributed by atoms with Crippen LogP contribution in [0.4, 0.5) is 0 Å². The van der Waals surface area contributed by atoms with E-state index in [2.05, 4.69) is 130 Å². The van der Waals surface area contributed by atoms with E-state index in [0.717, 1.165) is 141 Å². The molecule has 0 aromatic carbocycles. The molecule has 0 N–H and O–H groups in total. The number of hydrogen-bond donors (Lipinski definition) is 0. The van der Waals surface area contributed by atoms with Crippen molar-refractivity contribution in [1.29, 1.82) is 0 Å². The molecule has 0 bridgehead atoms. The molecular formula is C68H114O6. The molecule has 0 radical (unpaired) electrons. The standard InChI is InChI=1S/C68H114O6/c1-4-7-10-13-16-19-22-25-27-28-29-30-31-32-33-34-35-36-37-38-39-40-41-44-46-49-52-55-58-61-67(70)73-64-65(63-72-66(69)60-57-54-51-48-45-42-24-21-18-15-12-9-6-3)74-68(71)62-59-56-53-50-47-43-26-23-20-17-14-11-8-5-2/h7,10,12,15-16,19,21,23-27,29-30,32-33,35-36,65H,4-6,8-9,11,13-14,17-18,20,22,28,31,34,37-64H2,1-3H3/b10-7-,15-12-,19-16-,24-21-,26-23-,27-25-,30-29-,33-32-,36-35-. The number of esters is 3. The fraction of sp³-hybridized carbons (Fsp3) is 0.691. The molecule has 1 atom stereocenters. The van der Waals surface area contributed by atoms with E-state index in [4.69, 9.17) is 14.2 Å². The van der Waals surface area contributed by atoms with Crippen molar-refractivity contribution in [2.45, 2.75) is 290 Å². The van der Waals surface area contributed by atoms with Gasteiger partial charge >= 0.3 is 17.9 Å². The van der Waals surface area contributed by atoms with Crippen molar-refractivity contribution in [3.63, 3.8) is 0 Å². The van der Waals surface area contributed by atoms with Gasteiger partial charge in [0.1, 0.15) is 13.2 Å². The summed E-state index contributed by atoms with van der Waals surface area (Å²) in [5.41, 5.74) is 0. The monoisotopic (exact) mass is 1030 g/mol. The van der Waals surface area contributed by atoms with Gasteiger partial charge in [-0.1, -0.05) is 252 Å². The number of carbonyl (C=O) groups excluding carboxylic acids is 3. The molecule has 0 saturated heterocycles. The first-order valence-corrected chi connectivity index (χ1v) is 30.9. The average molecular weight is 1030 g/mol. The maximum Gasteiger partial charge on any atom is 0.306 e. The van der Waals surface area contributed by atoms with E-state index >= 15 is 0 Å². The Hall–Kier alpha value is -3.93. The van der Waals surface area contributed by atoms with Gasteiger partial charge in [0.2, 0.25) is 0 Å². The maximum atomic E-state index is 12.9. The van der Waals surface area contributed by atoms with Crippen molar-refractivity contribution < 1.29 is 28.6 Å². The van der Waals surface area contributed by atoms with Gasteiger partial charge in [-0.25, -0.2) is 0 Å². The first kappa shape index (κ1) is 70.1. The number of rotatable bonds is 55. The molecule has 0 aliphatic rings. The lowest BCUT2D eigenvalue weighted by Gasteiger charge is -2.18. The van der Waals surface area contributed by atoms with E-state index in [9.17, 15) is 14.4 Å². The smallest absolute Gasteiger partial charge is 0.306 e. The molecule has 0 aromatic rings. The van der Waals surface area contributed by atoms with Gasteiger partial charge in [-0.3, -0.25) is 14.4 Å². The average Bonchev–Trinajstić information content (AvgIpc) is 3.40. The summed E-state index contributed by atoms with van der Waals surface area (Å²) in [6.45, 7) is 6.44. The van der Waals surface area contributed by atoms with Gasteiger partial charge < -0.3 is 14.2 Å². The molecule has 422 valence electrons. The topological polar surface area (TPSA) is 78.9 Å². The lowest BCUT2D eigenvalue weighted by Crippen LogP contribution is -2.30. The zero-order chi connectivity index (χ0) is 53.6. The van der Waals surface area contributed by atoms with E-state index in [0.29, 0.717) is 19.3 Å². The molecule has 74 heavy (non-hydrogen) atoms. The predicted octanol–water partition coefficient (Wildman–Crippen LogP) is 21.0. The molecule has 0 aromatic heterocycles. The summed E-state index contributed by atoms with van der Waals surface area (Å²) in [4.78, 5) is 38.2. The van der Waals surface area contributed by atoms with Crippen LogP contribution in [0.5, 0.6) is 0 Å². The molecule has 6 nitrogen and oxygen atoms in total. The van der Waals surface area contributed by atoms with E-state index in [1.54, 1.807) is 0 Å². The van der Waals surface area contributed by atoms with Crippen LogP contribution in [0.2, 0.25) is 0 Å². The predicted molar refractivity (Wildman–Crippen MR) is 320 cm³/mol. The summed E-state index contributed by atoms with van der Waals surface area (Å²) in [6, 6.07) is 0. The number of carbonyl (C=O) groups is 3. The highest BCUT2D eigenvalue weighted by atomic mass is 16.6. The number of hydrogen-bond acceptors (Lipinski definition) is 6. The lowest BCUT2D eigenvalue weighted by molar-refractivity contribution is -0.167. The Bertz CT molecular complexity index is 1510. The van der Waals surface area contributed by atoms with Gasteiger partial charge in [-0.15, -0.1) is 0 Å². The highest BCUT2D eigenvalue weighted by molar-refractivity contribution is 5.71. The Morgan fingerprint density at radius 3 is 0.892 bits per heavy atom. The van der Waals surface area contributed by atoms with Crippen LogP contribution in [0.15, 0.2) is 109 Å². The fourth-order valence-corrected chi connectivity index (χ4v) is 8.36. The first-order chi connectivity index (χ1) is 36.5. The molecule has 0 rings (SSSR count). The summed E-state index contributed by atoms with van der Waals surface area (Å²) < 4.78 is 16.9. The van der Waals surface area contributed by atoms with E-state index in [1.807, 2.05) is 0 Å².